The van der Waals surface area contributed by atoms with Crippen LogP contribution in [0.2, 0.25) is 0 Å². The van der Waals surface area contributed by atoms with Crippen molar-refractivity contribution < 1.29 is 4.79 Å². The Morgan fingerprint density at radius 1 is 1.19 bits per heavy atom. The predicted molar refractivity (Wildman–Crippen MR) is 133 cm³/mol. The van der Waals surface area contributed by atoms with Gasteiger partial charge in [-0.2, -0.15) is 5.26 Å². The summed E-state index contributed by atoms with van der Waals surface area (Å²) in [6.07, 6.45) is 3.26. The van der Waals surface area contributed by atoms with Crippen LogP contribution in [0.15, 0.2) is 48.5 Å². The van der Waals surface area contributed by atoms with E-state index in [0.29, 0.717) is 9.97 Å². The third-order valence-corrected chi connectivity index (χ3v) is 7.33. The normalized spacial score (nSPS) is 20.2. The third-order valence-electron chi connectivity index (χ3n) is 6.27. The number of nitrogens with zero attached hydrogens (tertiary/aromatic N) is 3. The average molecular weight is 528 g/mol. The van der Waals surface area contributed by atoms with Crippen LogP contribution in [0.25, 0.3) is 11.1 Å². The van der Waals surface area contributed by atoms with Gasteiger partial charge in [0.1, 0.15) is 6.54 Å². The number of anilines is 1. The molecule has 31 heavy (non-hydrogen) atoms. The van der Waals surface area contributed by atoms with E-state index in [-0.39, 0.29) is 18.4 Å². The van der Waals surface area contributed by atoms with Gasteiger partial charge in [-0.25, -0.2) is 0 Å². The fraction of sp³-hybridized carbons (Fsp3) is 0.440. The highest BCUT2D eigenvalue weighted by Crippen LogP contribution is 2.39. The lowest BCUT2D eigenvalue weighted by atomic mass is 9.90. The van der Waals surface area contributed by atoms with Gasteiger partial charge in [0.2, 0.25) is 5.91 Å². The van der Waals surface area contributed by atoms with E-state index in [1.807, 2.05) is 18.2 Å². The molecule has 2 aromatic carbocycles. The first-order valence-electron chi connectivity index (χ1n) is 11.0. The minimum Gasteiger partial charge on any atom is -0.357 e. The van der Waals surface area contributed by atoms with Crippen molar-refractivity contribution in [3.05, 3.63) is 54.1 Å². The van der Waals surface area contributed by atoms with Crippen LogP contribution in [0, 0.1) is 17.2 Å². The summed E-state index contributed by atoms with van der Waals surface area (Å²) in [4.78, 5) is 17.6. The first kappa shape index (κ1) is 22.1. The molecule has 1 N–H and O–H groups in total. The van der Waals surface area contributed by atoms with Crippen molar-refractivity contribution in [1.82, 2.24) is 10.2 Å². The van der Waals surface area contributed by atoms with Gasteiger partial charge in [0.15, 0.2) is 0 Å². The first-order valence-corrected chi connectivity index (χ1v) is 12.2. The van der Waals surface area contributed by atoms with E-state index in [1.165, 1.54) is 18.5 Å². The lowest BCUT2D eigenvalue weighted by molar-refractivity contribution is -0.122. The molecule has 1 saturated heterocycles. The predicted octanol–water partition coefficient (Wildman–Crippen LogP) is 4.39. The fourth-order valence-electron chi connectivity index (χ4n) is 4.27. The lowest BCUT2D eigenvalue weighted by Crippen LogP contribution is -2.49. The Labute approximate surface area is 198 Å². The van der Waals surface area contributed by atoms with Crippen LogP contribution in [0.5, 0.6) is 0 Å². The Hall–Kier alpha value is -2.11. The van der Waals surface area contributed by atoms with Gasteiger partial charge in [-0.1, -0.05) is 71.8 Å². The van der Waals surface area contributed by atoms with E-state index >= 15 is 0 Å². The molecule has 2 atom stereocenters. The van der Waals surface area contributed by atoms with Crippen molar-refractivity contribution in [3.8, 4) is 17.2 Å². The Morgan fingerprint density at radius 2 is 1.97 bits per heavy atom. The second-order valence-electron chi connectivity index (χ2n) is 8.67. The van der Waals surface area contributed by atoms with Crippen LogP contribution in [-0.2, 0) is 4.79 Å². The van der Waals surface area contributed by atoms with Crippen molar-refractivity contribution in [3.63, 3.8) is 0 Å². The van der Waals surface area contributed by atoms with Gasteiger partial charge in [0, 0.05) is 25.3 Å². The first-order chi connectivity index (χ1) is 15.0. The Kier molecular flexibility index (Phi) is 7.13. The van der Waals surface area contributed by atoms with Crippen LogP contribution in [0.1, 0.15) is 30.7 Å². The van der Waals surface area contributed by atoms with Gasteiger partial charge in [0.05, 0.1) is 16.0 Å². The molecule has 0 spiro atoms. The molecular weight excluding hydrogens is 499 g/mol. The molecule has 0 bridgehead atoms. The Bertz CT molecular complexity index is 951. The number of rotatable bonds is 7. The van der Waals surface area contributed by atoms with Crippen molar-refractivity contribution in [2.45, 2.75) is 29.2 Å². The summed E-state index contributed by atoms with van der Waals surface area (Å²) in [6, 6.07) is 19.1. The Balaban J connectivity index is 1.53. The molecule has 1 aliphatic heterocycles. The number of halogens is 1. The number of alkyl halides is 1. The maximum absolute atomic E-state index is 12.7. The molecule has 2 fully saturated rings. The van der Waals surface area contributed by atoms with Gasteiger partial charge >= 0.3 is 0 Å². The van der Waals surface area contributed by atoms with Gasteiger partial charge in [0.25, 0.3) is 0 Å². The van der Waals surface area contributed by atoms with Gasteiger partial charge in [-0.15, -0.1) is 0 Å². The number of piperazine rings is 1. The summed E-state index contributed by atoms with van der Waals surface area (Å²) in [5, 5.41) is 11.6. The van der Waals surface area contributed by atoms with E-state index in [4.69, 9.17) is 5.26 Å². The molecule has 4 rings (SSSR count). The van der Waals surface area contributed by atoms with E-state index < -0.39 is 0 Å². The van der Waals surface area contributed by atoms with Gasteiger partial charge in [-0.05, 0) is 48.2 Å². The zero-order valence-electron chi connectivity index (χ0n) is 17.9. The molecule has 2 aliphatic rings. The highest BCUT2D eigenvalue weighted by Gasteiger charge is 2.30. The van der Waals surface area contributed by atoms with Crippen molar-refractivity contribution in [2.75, 3.05) is 38.1 Å². The molecule has 2 aromatic rings. The van der Waals surface area contributed by atoms with Crippen molar-refractivity contribution >= 4 is 34.2 Å². The average Bonchev–Trinajstić information content (AvgIpc) is 3.60. The number of nitrogens with one attached hydrogen (secondary N) is 1. The largest absolute Gasteiger partial charge is 0.357 e. The number of likely N-dealkylation sites (N-methyl/N-ethyl adjacent to an activating group) is 1. The SMILES string of the molecule is CN1CCN(c2ccc(-c3cccc(C(CC4CC4)C(=O)NCC#N)c3)cc2)C(I)C1. The molecule has 5 nitrogen and oxygen atoms in total. The third kappa shape index (κ3) is 5.58. The topological polar surface area (TPSA) is 59.4 Å². The molecule has 1 amide bonds. The number of amides is 1. The molecule has 2 unspecified atom stereocenters. The molecular formula is C25H29IN4O. The molecule has 1 heterocycles. The standard InChI is InChI=1S/C25H29IN4O/c1-29-13-14-30(24(26)17-29)22-9-7-19(8-10-22)20-3-2-4-21(16-20)23(15-18-5-6-18)25(31)28-12-11-27/h2-4,7-10,16,18,23-24H,5-6,12-15,17H2,1H3,(H,28,31). The minimum absolute atomic E-state index is 0.0379. The number of benzene rings is 2. The summed E-state index contributed by atoms with van der Waals surface area (Å²) < 4.78 is 0.473. The van der Waals surface area contributed by atoms with E-state index in [2.05, 4.69) is 81.2 Å². The summed E-state index contributed by atoms with van der Waals surface area (Å²) in [5.41, 5.74) is 4.58. The quantitative estimate of drug-likeness (QED) is 0.251. The molecule has 0 radical (unpaired) electrons. The molecule has 6 heteroatoms. The Morgan fingerprint density at radius 3 is 2.65 bits per heavy atom. The molecule has 1 saturated carbocycles. The maximum atomic E-state index is 12.7. The molecule has 1 aliphatic carbocycles. The van der Waals surface area contributed by atoms with Gasteiger partial charge < -0.3 is 15.1 Å². The van der Waals surface area contributed by atoms with E-state index in [1.54, 1.807) is 0 Å². The second-order valence-corrected chi connectivity index (χ2v) is 10.1. The molecule has 162 valence electrons. The van der Waals surface area contributed by atoms with E-state index in [9.17, 15) is 4.79 Å². The second kappa shape index (κ2) is 10.0. The summed E-state index contributed by atoms with van der Waals surface area (Å²) >= 11 is 2.53. The number of hydrogen-bond acceptors (Lipinski definition) is 4. The number of carbonyl (C=O) groups excluding carboxylic acids is 1. The van der Waals surface area contributed by atoms with Gasteiger partial charge in [-0.3, -0.25) is 4.79 Å². The van der Waals surface area contributed by atoms with Crippen LogP contribution in [0.4, 0.5) is 5.69 Å². The zero-order chi connectivity index (χ0) is 21.8. The van der Waals surface area contributed by atoms with Crippen LogP contribution < -0.4 is 10.2 Å². The molecule has 0 aromatic heterocycles. The fourth-order valence-corrected chi connectivity index (χ4v) is 5.54. The summed E-state index contributed by atoms with van der Waals surface area (Å²) in [5.74, 6) is 0.403. The van der Waals surface area contributed by atoms with Crippen molar-refractivity contribution in [1.29, 1.82) is 5.26 Å². The monoisotopic (exact) mass is 528 g/mol. The maximum Gasteiger partial charge on any atom is 0.228 e. The lowest BCUT2D eigenvalue weighted by Gasteiger charge is -2.38. The number of nitriles is 1. The highest BCUT2D eigenvalue weighted by atomic mass is 127. The zero-order valence-corrected chi connectivity index (χ0v) is 20.1. The summed E-state index contributed by atoms with van der Waals surface area (Å²) in [7, 11) is 2.18. The van der Waals surface area contributed by atoms with Crippen LogP contribution >= 0.6 is 22.6 Å². The van der Waals surface area contributed by atoms with Crippen LogP contribution in [-0.4, -0.2) is 48.1 Å². The van der Waals surface area contributed by atoms with Crippen molar-refractivity contribution in [2.24, 2.45) is 5.92 Å². The number of hydrogen-bond donors (Lipinski definition) is 1. The smallest absolute Gasteiger partial charge is 0.228 e. The van der Waals surface area contributed by atoms with Crippen LogP contribution in [0.3, 0.4) is 0 Å². The highest BCUT2D eigenvalue weighted by molar-refractivity contribution is 14.1. The number of carbonyl (C=O) groups is 1. The van der Waals surface area contributed by atoms with E-state index in [0.717, 1.165) is 42.7 Å². The minimum atomic E-state index is -0.190. The summed E-state index contributed by atoms with van der Waals surface area (Å²) in [6.45, 7) is 3.25.